The molecule has 0 saturated heterocycles. The number of fused-ring (bicyclic) bond motifs is 4. The number of nitrogens with zero attached hydrogens (tertiary/aromatic N) is 1. The Morgan fingerprint density at radius 2 is 0.947 bits per heavy atom. The molecule has 0 spiro atoms. The molecule has 0 aliphatic carbocycles. The standard InChI is InChI=1S/C33H27NP2S2/c1-22-14-16-27-29(18-22)35(37,25-10-6-4-7-11-25)31-20-24(3)21-32-33(31)34(27)28-17-15-23(2)19-30(28)36(32,38)26-12-8-5-9-13-26/h4-21H,1-3H3/i4D,5D,6D,7D,8D,9D,10D,11D,12D,13D. The number of aryl methyl sites for hydroxylation is 3. The van der Waals surface area contributed by atoms with Crippen molar-refractivity contribution in [3.63, 3.8) is 0 Å². The molecule has 2 atom stereocenters. The molecule has 0 radical (unpaired) electrons. The van der Waals surface area contributed by atoms with Gasteiger partial charge in [0, 0.05) is 33.3 Å². The van der Waals surface area contributed by atoms with Crippen LogP contribution in [0.3, 0.4) is 0 Å². The van der Waals surface area contributed by atoms with E-state index in [2.05, 4.69) is 0 Å². The minimum atomic E-state index is -3.45. The highest BCUT2D eigenvalue weighted by Crippen LogP contribution is 2.60. The molecule has 2 aliphatic rings. The van der Waals surface area contributed by atoms with Gasteiger partial charge in [-0.2, -0.15) is 0 Å². The fourth-order valence-electron chi connectivity index (χ4n) is 5.51. The van der Waals surface area contributed by atoms with E-state index in [1.807, 2.05) is 74.2 Å². The molecule has 0 fully saturated rings. The van der Waals surface area contributed by atoms with Crippen LogP contribution in [0.5, 0.6) is 0 Å². The SMILES string of the molecule is [2H]c1c([2H])c([2H])c(P2(=S)c3cc(C)ccc3N3c4ccc(C)cc4P(=S)(c4c([2H])c([2H])c([2H])c([2H])c4[2H])c4cc(C)cc2c43)c([2H])c1[2H]. The lowest BCUT2D eigenvalue weighted by molar-refractivity contribution is 1.29. The van der Waals surface area contributed by atoms with E-state index in [0.29, 0.717) is 38.3 Å². The maximum absolute atomic E-state index is 9.08. The van der Waals surface area contributed by atoms with Crippen LogP contribution in [-0.2, 0) is 23.6 Å². The summed E-state index contributed by atoms with van der Waals surface area (Å²) in [5, 5.41) is 2.60. The molecule has 0 saturated carbocycles. The zero-order chi connectivity index (χ0) is 34.9. The Morgan fingerprint density at radius 1 is 0.553 bits per heavy atom. The van der Waals surface area contributed by atoms with Gasteiger partial charge in [0.05, 0.1) is 30.8 Å². The molecule has 0 N–H and O–H groups in total. The molecule has 2 unspecified atom stereocenters. The largest absolute Gasteiger partial charge is 0.308 e. The summed E-state index contributed by atoms with van der Waals surface area (Å²) in [5.74, 6) is 0. The Bertz CT molecular complexity index is 2210. The number of rotatable bonds is 2. The predicted molar refractivity (Wildman–Crippen MR) is 175 cm³/mol. The first-order valence-corrected chi connectivity index (χ1v) is 17.6. The second-order valence-corrected chi connectivity index (χ2v) is 18.2. The highest BCUT2D eigenvalue weighted by molar-refractivity contribution is 8.27. The second kappa shape index (κ2) is 8.60. The summed E-state index contributed by atoms with van der Waals surface area (Å²) in [6.45, 7) is 5.71. The maximum atomic E-state index is 9.08. The summed E-state index contributed by atoms with van der Waals surface area (Å²) < 4.78 is 87.2. The molecule has 5 aromatic carbocycles. The Balaban J connectivity index is 1.75. The fourth-order valence-corrected chi connectivity index (χ4v) is 13.8. The van der Waals surface area contributed by atoms with E-state index >= 15 is 0 Å². The van der Waals surface area contributed by atoms with Crippen molar-refractivity contribution in [3.05, 3.63) is 126 Å². The van der Waals surface area contributed by atoms with Crippen molar-refractivity contribution >= 4 is 84.6 Å². The van der Waals surface area contributed by atoms with Crippen LogP contribution in [-0.4, -0.2) is 0 Å². The molecule has 186 valence electrons. The van der Waals surface area contributed by atoms with Gasteiger partial charge in [-0.15, -0.1) is 0 Å². The van der Waals surface area contributed by atoms with Crippen molar-refractivity contribution in [3.8, 4) is 0 Å². The van der Waals surface area contributed by atoms with Crippen molar-refractivity contribution in [1.82, 2.24) is 0 Å². The lowest BCUT2D eigenvalue weighted by Crippen LogP contribution is -2.46. The van der Waals surface area contributed by atoms with Crippen LogP contribution in [0, 0.1) is 20.8 Å². The van der Waals surface area contributed by atoms with Crippen molar-refractivity contribution in [1.29, 1.82) is 0 Å². The Morgan fingerprint density at radius 3 is 1.37 bits per heavy atom. The molecule has 38 heavy (non-hydrogen) atoms. The molecule has 0 amide bonds. The topological polar surface area (TPSA) is 3.24 Å². The molecular formula is C33H27NP2S2. The van der Waals surface area contributed by atoms with E-state index in [1.165, 1.54) is 0 Å². The third-order valence-corrected chi connectivity index (χ3v) is 16.4. The minimum absolute atomic E-state index is 0.0496. The number of benzene rings is 5. The monoisotopic (exact) mass is 573 g/mol. The average Bonchev–Trinajstić information content (AvgIpc) is 3.05. The lowest BCUT2D eigenvalue weighted by Gasteiger charge is -2.47. The van der Waals surface area contributed by atoms with Gasteiger partial charge in [-0.25, -0.2) is 0 Å². The van der Waals surface area contributed by atoms with E-state index in [-0.39, 0.29) is 34.8 Å². The lowest BCUT2D eigenvalue weighted by atomic mass is 10.1. The van der Waals surface area contributed by atoms with Gasteiger partial charge in [0.2, 0.25) is 0 Å². The van der Waals surface area contributed by atoms with Gasteiger partial charge in [0.25, 0.3) is 0 Å². The van der Waals surface area contributed by atoms with Crippen LogP contribution in [0.25, 0.3) is 0 Å². The Hall–Kier alpha value is -2.80. The van der Waals surface area contributed by atoms with Gasteiger partial charge in [-0.3, -0.25) is 0 Å². The van der Waals surface area contributed by atoms with Crippen LogP contribution in [0.2, 0.25) is 0 Å². The summed E-state index contributed by atoms with van der Waals surface area (Å²) in [5.41, 5.74) is 4.45. The van der Waals surface area contributed by atoms with Crippen LogP contribution in [0.4, 0.5) is 17.1 Å². The van der Waals surface area contributed by atoms with Gasteiger partial charge in [0.1, 0.15) is 0 Å². The smallest absolute Gasteiger partial charge is 0.0643 e. The van der Waals surface area contributed by atoms with Crippen LogP contribution >= 0.6 is 12.1 Å². The highest BCUT2D eigenvalue weighted by atomic mass is 32.4. The molecule has 0 aromatic heterocycles. The normalized spacial score (nSPS) is 24.6. The number of hydrogen-bond donors (Lipinski definition) is 0. The zero-order valence-corrected chi connectivity index (χ0v) is 24.2. The van der Waals surface area contributed by atoms with Crippen LogP contribution in [0.15, 0.2) is 109 Å². The van der Waals surface area contributed by atoms with Gasteiger partial charge >= 0.3 is 0 Å². The third-order valence-electron chi connectivity index (χ3n) is 7.14. The Kier molecular flexibility index (Phi) is 3.56. The van der Waals surface area contributed by atoms with Gasteiger partial charge in [-0.1, -0.05) is 107 Å². The fraction of sp³-hybridized carbons (Fsp3) is 0.0909. The molecule has 1 nitrogen and oxygen atoms in total. The molecule has 0 bridgehead atoms. The first kappa shape index (κ1) is 15.7. The summed E-state index contributed by atoms with van der Waals surface area (Å²) in [6, 6.07) is 4.16. The summed E-state index contributed by atoms with van der Waals surface area (Å²) in [6.07, 6.45) is 0. The van der Waals surface area contributed by atoms with Crippen LogP contribution in [0.1, 0.15) is 30.4 Å². The molecule has 5 aromatic rings. The maximum Gasteiger partial charge on any atom is 0.0643 e. The first-order valence-electron chi connectivity index (χ1n) is 17.0. The van der Waals surface area contributed by atoms with Crippen molar-refractivity contribution in [2.75, 3.05) is 4.90 Å². The molecular weight excluding hydrogens is 536 g/mol. The van der Waals surface area contributed by atoms with Crippen molar-refractivity contribution in [2.45, 2.75) is 20.8 Å². The van der Waals surface area contributed by atoms with Gasteiger partial charge < -0.3 is 4.90 Å². The minimum Gasteiger partial charge on any atom is -0.308 e. The average molecular weight is 574 g/mol. The van der Waals surface area contributed by atoms with E-state index in [0.717, 1.165) is 16.7 Å². The quantitative estimate of drug-likeness (QED) is 0.226. The van der Waals surface area contributed by atoms with Crippen LogP contribution < -0.4 is 36.7 Å². The molecule has 2 aliphatic heterocycles. The second-order valence-electron chi connectivity index (χ2n) is 9.64. The number of anilines is 3. The summed E-state index contributed by atoms with van der Waals surface area (Å²) in [4.78, 5) is 2.05. The first-order chi connectivity index (χ1) is 22.5. The van der Waals surface area contributed by atoms with Gasteiger partial charge in [0.15, 0.2) is 0 Å². The van der Waals surface area contributed by atoms with Gasteiger partial charge in [-0.05, 0) is 73.3 Å². The highest BCUT2D eigenvalue weighted by Gasteiger charge is 2.46. The molecule has 7 rings (SSSR count). The van der Waals surface area contributed by atoms with E-state index in [1.54, 1.807) is 0 Å². The molecule has 2 heterocycles. The summed E-state index contributed by atoms with van der Waals surface area (Å²) >= 11 is 13.5. The van der Waals surface area contributed by atoms with E-state index < -0.39 is 48.3 Å². The third kappa shape index (κ3) is 3.23. The Labute approximate surface area is 249 Å². The summed E-state index contributed by atoms with van der Waals surface area (Å²) in [7, 11) is 0. The predicted octanol–water partition coefficient (Wildman–Crippen LogP) is 6.22. The number of hydrogen-bond acceptors (Lipinski definition) is 3. The van der Waals surface area contributed by atoms with Crippen molar-refractivity contribution in [2.24, 2.45) is 0 Å². The van der Waals surface area contributed by atoms with E-state index in [4.69, 9.17) is 37.3 Å². The van der Waals surface area contributed by atoms with E-state index in [9.17, 15) is 0 Å². The van der Waals surface area contributed by atoms with Crippen molar-refractivity contribution < 1.29 is 13.7 Å². The zero-order valence-electron chi connectivity index (χ0n) is 30.8. The molecule has 5 heteroatoms.